The average molecular weight is 274 g/mol. The summed E-state index contributed by atoms with van der Waals surface area (Å²) in [5, 5.41) is 0. The zero-order valence-corrected chi connectivity index (χ0v) is 12.3. The van der Waals surface area contributed by atoms with Gasteiger partial charge in [0.05, 0.1) is 11.5 Å². The Morgan fingerprint density at radius 2 is 1.67 bits per heavy atom. The molecule has 1 aliphatic rings. The second-order valence-electron chi connectivity index (χ2n) is 5.44. The number of unbranched alkanes of at least 4 members (excludes halogenated alkanes) is 6. The first-order valence-electron chi connectivity index (χ1n) is 7.28. The van der Waals surface area contributed by atoms with Gasteiger partial charge in [-0.15, -0.1) is 0 Å². The van der Waals surface area contributed by atoms with Crippen LogP contribution in [-0.4, -0.2) is 25.7 Å². The van der Waals surface area contributed by atoms with Crippen molar-refractivity contribution in [1.29, 1.82) is 0 Å². The Labute approximate surface area is 111 Å². The molecule has 0 aromatic heterocycles. The molecule has 1 heterocycles. The van der Waals surface area contributed by atoms with Crippen LogP contribution in [0.1, 0.15) is 64.7 Å². The molecular weight excluding hydrogens is 248 g/mol. The van der Waals surface area contributed by atoms with Crippen LogP contribution in [0.5, 0.6) is 0 Å². The van der Waals surface area contributed by atoms with Crippen molar-refractivity contribution in [2.24, 2.45) is 5.92 Å². The lowest BCUT2D eigenvalue weighted by Crippen LogP contribution is -2.15. The fourth-order valence-corrected chi connectivity index (χ4v) is 4.29. The predicted molar refractivity (Wildman–Crippen MR) is 74.4 cm³/mol. The fourth-order valence-electron chi connectivity index (χ4n) is 2.51. The molecular formula is C14H26O3S. The molecule has 1 aliphatic heterocycles. The van der Waals surface area contributed by atoms with Crippen LogP contribution in [0.4, 0.5) is 0 Å². The van der Waals surface area contributed by atoms with E-state index in [0.717, 1.165) is 12.8 Å². The van der Waals surface area contributed by atoms with E-state index in [9.17, 15) is 13.2 Å². The first-order chi connectivity index (χ1) is 8.55. The van der Waals surface area contributed by atoms with Crippen LogP contribution in [0.25, 0.3) is 0 Å². The maximum atomic E-state index is 11.8. The van der Waals surface area contributed by atoms with E-state index in [0.29, 0.717) is 12.8 Å². The van der Waals surface area contributed by atoms with Gasteiger partial charge in [-0.2, -0.15) is 0 Å². The molecule has 0 spiro atoms. The highest BCUT2D eigenvalue weighted by Gasteiger charge is 2.32. The van der Waals surface area contributed by atoms with E-state index in [-0.39, 0.29) is 23.2 Å². The minimum Gasteiger partial charge on any atom is -0.299 e. The molecule has 3 nitrogen and oxygen atoms in total. The number of ketones is 1. The van der Waals surface area contributed by atoms with Crippen molar-refractivity contribution in [3.63, 3.8) is 0 Å². The molecule has 1 rings (SSSR count). The third-order valence-electron chi connectivity index (χ3n) is 3.71. The Morgan fingerprint density at radius 3 is 2.22 bits per heavy atom. The molecule has 1 fully saturated rings. The van der Waals surface area contributed by atoms with Crippen molar-refractivity contribution in [1.82, 2.24) is 0 Å². The monoisotopic (exact) mass is 274 g/mol. The van der Waals surface area contributed by atoms with Crippen molar-refractivity contribution < 1.29 is 13.2 Å². The van der Waals surface area contributed by atoms with E-state index in [2.05, 4.69) is 6.92 Å². The van der Waals surface area contributed by atoms with Gasteiger partial charge in [-0.3, -0.25) is 4.79 Å². The summed E-state index contributed by atoms with van der Waals surface area (Å²) in [7, 11) is -2.91. The van der Waals surface area contributed by atoms with Crippen LogP contribution in [0.15, 0.2) is 0 Å². The minimum atomic E-state index is -2.91. The van der Waals surface area contributed by atoms with Gasteiger partial charge in [0.2, 0.25) is 0 Å². The molecule has 0 saturated carbocycles. The molecule has 106 valence electrons. The quantitative estimate of drug-likeness (QED) is 0.607. The first-order valence-corrected chi connectivity index (χ1v) is 9.10. The summed E-state index contributed by atoms with van der Waals surface area (Å²) < 4.78 is 22.5. The summed E-state index contributed by atoms with van der Waals surface area (Å²) in [5.41, 5.74) is 0. The van der Waals surface area contributed by atoms with Gasteiger partial charge in [-0.1, -0.05) is 45.4 Å². The molecule has 1 atom stereocenters. The highest BCUT2D eigenvalue weighted by Crippen LogP contribution is 2.21. The number of carbonyl (C=O) groups is 1. The number of Topliss-reactive ketones (excluding diaryl/α,β-unsaturated/α-hetero) is 1. The third kappa shape index (κ3) is 5.98. The fraction of sp³-hybridized carbons (Fsp3) is 0.929. The van der Waals surface area contributed by atoms with Crippen LogP contribution < -0.4 is 0 Å². The highest BCUT2D eigenvalue weighted by atomic mass is 32.2. The number of hydrogen-bond donors (Lipinski definition) is 0. The first kappa shape index (κ1) is 15.7. The Morgan fingerprint density at radius 1 is 1.06 bits per heavy atom. The lowest BCUT2D eigenvalue weighted by Gasteiger charge is -2.06. The summed E-state index contributed by atoms with van der Waals surface area (Å²) in [5.74, 6) is 0.280. The zero-order chi connectivity index (χ0) is 13.4. The zero-order valence-electron chi connectivity index (χ0n) is 11.5. The number of carbonyl (C=O) groups excluding carboxylic acids is 1. The van der Waals surface area contributed by atoms with Crippen LogP contribution in [0.3, 0.4) is 0 Å². The van der Waals surface area contributed by atoms with E-state index in [4.69, 9.17) is 0 Å². The molecule has 4 heteroatoms. The van der Waals surface area contributed by atoms with E-state index < -0.39 is 9.84 Å². The summed E-state index contributed by atoms with van der Waals surface area (Å²) >= 11 is 0. The summed E-state index contributed by atoms with van der Waals surface area (Å²) in [6, 6.07) is 0. The van der Waals surface area contributed by atoms with Gasteiger partial charge >= 0.3 is 0 Å². The third-order valence-corrected chi connectivity index (χ3v) is 5.48. The van der Waals surface area contributed by atoms with Gasteiger partial charge in [-0.05, 0) is 12.8 Å². The Kier molecular flexibility index (Phi) is 6.90. The molecule has 0 radical (unpaired) electrons. The largest absolute Gasteiger partial charge is 0.299 e. The second kappa shape index (κ2) is 7.93. The van der Waals surface area contributed by atoms with Gasteiger partial charge in [-0.25, -0.2) is 8.42 Å². The van der Waals surface area contributed by atoms with Crippen molar-refractivity contribution in [2.75, 3.05) is 11.5 Å². The Balaban J connectivity index is 2.04. The molecule has 18 heavy (non-hydrogen) atoms. The van der Waals surface area contributed by atoms with Gasteiger partial charge in [0.25, 0.3) is 0 Å². The molecule has 0 aromatic carbocycles. The van der Waals surface area contributed by atoms with Crippen molar-refractivity contribution in [2.45, 2.75) is 64.7 Å². The summed E-state index contributed by atoms with van der Waals surface area (Å²) in [6.45, 7) is 2.20. The summed E-state index contributed by atoms with van der Waals surface area (Å²) in [4.78, 5) is 11.8. The second-order valence-corrected chi connectivity index (χ2v) is 7.67. The van der Waals surface area contributed by atoms with Crippen molar-refractivity contribution in [3.05, 3.63) is 0 Å². The average Bonchev–Trinajstić information content (AvgIpc) is 2.68. The van der Waals surface area contributed by atoms with E-state index in [1.807, 2.05) is 0 Å². The van der Waals surface area contributed by atoms with E-state index in [1.165, 1.54) is 32.1 Å². The van der Waals surface area contributed by atoms with Gasteiger partial charge < -0.3 is 0 Å². The maximum absolute atomic E-state index is 11.8. The van der Waals surface area contributed by atoms with Crippen molar-refractivity contribution in [3.8, 4) is 0 Å². The normalized spacial score (nSPS) is 22.2. The SMILES string of the molecule is CCCCCCCCCC(=O)C1CCS(=O)(=O)C1. The number of sulfone groups is 1. The maximum Gasteiger partial charge on any atom is 0.151 e. The van der Waals surface area contributed by atoms with Gasteiger partial charge in [0.1, 0.15) is 5.78 Å². The van der Waals surface area contributed by atoms with Crippen LogP contribution >= 0.6 is 0 Å². The highest BCUT2D eigenvalue weighted by molar-refractivity contribution is 7.91. The van der Waals surface area contributed by atoms with Gasteiger partial charge in [0.15, 0.2) is 9.84 Å². The Bertz CT molecular complexity index is 346. The Hall–Kier alpha value is -0.380. The molecule has 0 bridgehead atoms. The van der Waals surface area contributed by atoms with E-state index in [1.54, 1.807) is 0 Å². The predicted octanol–water partition coefficient (Wildman–Crippen LogP) is 3.13. The standard InChI is InChI=1S/C14H26O3S/c1-2-3-4-5-6-7-8-9-14(15)13-10-11-18(16,17)12-13/h13H,2-12H2,1H3. The van der Waals surface area contributed by atoms with Crippen LogP contribution in [-0.2, 0) is 14.6 Å². The molecule has 1 unspecified atom stereocenters. The smallest absolute Gasteiger partial charge is 0.151 e. The van der Waals surface area contributed by atoms with Crippen LogP contribution in [0.2, 0.25) is 0 Å². The topological polar surface area (TPSA) is 51.2 Å². The number of rotatable bonds is 9. The minimum absolute atomic E-state index is 0.0995. The van der Waals surface area contributed by atoms with Gasteiger partial charge in [0, 0.05) is 12.3 Å². The number of hydrogen-bond acceptors (Lipinski definition) is 3. The van der Waals surface area contributed by atoms with E-state index >= 15 is 0 Å². The molecule has 0 N–H and O–H groups in total. The molecule has 0 amide bonds. The van der Waals surface area contributed by atoms with Crippen LogP contribution in [0, 0.1) is 5.92 Å². The molecule has 0 aliphatic carbocycles. The molecule has 1 saturated heterocycles. The molecule has 0 aromatic rings. The lowest BCUT2D eigenvalue weighted by molar-refractivity contribution is -0.122. The van der Waals surface area contributed by atoms with Crippen molar-refractivity contribution >= 4 is 15.6 Å². The summed E-state index contributed by atoms with van der Waals surface area (Å²) in [6.07, 6.45) is 9.50. The lowest BCUT2D eigenvalue weighted by atomic mass is 9.98.